The van der Waals surface area contributed by atoms with Crippen molar-refractivity contribution in [1.29, 1.82) is 0 Å². The van der Waals surface area contributed by atoms with Gasteiger partial charge in [-0.2, -0.15) is 4.72 Å². The van der Waals surface area contributed by atoms with Crippen molar-refractivity contribution in [2.75, 3.05) is 5.32 Å². The molecule has 186 valence electrons. The van der Waals surface area contributed by atoms with Gasteiger partial charge in [-0.3, -0.25) is 14.9 Å². The first kappa shape index (κ1) is 24.1. The molecule has 36 heavy (non-hydrogen) atoms. The topological polar surface area (TPSA) is 118 Å². The fraction of sp³-hybridized carbons (Fsp3) is 0.296. The highest BCUT2D eigenvalue weighted by molar-refractivity contribution is 7.89. The fourth-order valence-electron chi connectivity index (χ4n) is 5.22. The summed E-state index contributed by atoms with van der Waals surface area (Å²) < 4.78 is 28.9. The number of nitro benzene ring substituents is 1. The highest BCUT2D eigenvalue weighted by Gasteiger charge is 2.30. The van der Waals surface area contributed by atoms with Gasteiger partial charge in [-0.15, -0.1) is 0 Å². The van der Waals surface area contributed by atoms with Crippen molar-refractivity contribution in [3.63, 3.8) is 0 Å². The molecule has 0 aromatic heterocycles. The standard InChI is InChI=1S/C27H27N3O5S/c31-27(28-26-23-10-4-8-19(23)17-20-9-5-11-24(20)26)25(16-18-6-2-1-3-7-18)29-36(34,35)22-14-12-21(13-15-22)30(32)33/h1-3,6-7,12-15,17,25,29H,4-5,8-11,16H2,(H,28,31)/t25-/m0/s1. The van der Waals surface area contributed by atoms with Crippen molar-refractivity contribution >= 4 is 27.3 Å². The summed E-state index contributed by atoms with van der Waals surface area (Å²) in [5.74, 6) is -0.418. The molecule has 3 aromatic carbocycles. The Morgan fingerprint density at radius 2 is 1.53 bits per heavy atom. The van der Waals surface area contributed by atoms with Crippen LogP contribution in [-0.2, 0) is 46.9 Å². The number of sulfonamides is 1. The first-order chi connectivity index (χ1) is 17.3. The number of nitro groups is 1. The van der Waals surface area contributed by atoms with E-state index in [9.17, 15) is 23.3 Å². The molecule has 0 fully saturated rings. The second-order valence-electron chi connectivity index (χ2n) is 9.34. The number of rotatable bonds is 8. The number of non-ortho nitro benzene ring substituents is 1. The summed E-state index contributed by atoms with van der Waals surface area (Å²) in [6, 6.07) is 15.1. The minimum atomic E-state index is -4.12. The Morgan fingerprint density at radius 3 is 2.11 bits per heavy atom. The number of carbonyl (C=O) groups is 1. The lowest BCUT2D eigenvalue weighted by atomic mass is 9.98. The molecule has 0 aliphatic heterocycles. The third kappa shape index (κ3) is 4.89. The zero-order chi connectivity index (χ0) is 25.3. The van der Waals surface area contributed by atoms with E-state index in [1.165, 1.54) is 34.4 Å². The number of carbonyl (C=O) groups excluding carboxylic acids is 1. The van der Waals surface area contributed by atoms with Crippen LogP contribution in [0.25, 0.3) is 0 Å². The molecule has 9 heteroatoms. The lowest BCUT2D eigenvalue weighted by molar-refractivity contribution is -0.384. The number of nitrogens with zero attached hydrogens (tertiary/aromatic N) is 1. The molecule has 0 radical (unpaired) electrons. The van der Waals surface area contributed by atoms with Crippen LogP contribution in [0.1, 0.15) is 40.7 Å². The predicted octanol–water partition coefficient (Wildman–Crippen LogP) is 4.10. The second kappa shape index (κ2) is 9.83. The minimum Gasteiger partial charge on any atom is -0.324 e. The molecule has 5 rings (SSSR count). The Morgan fingerprint density at radius 1 is 0.917 bits per heavy atom. The Bertz CT molecular complexity index is 1390. The molecule has 1 amide bonds. The number of hydrogen-bond donors (Lipinski definition) is 2. The second-order valence-corrected chi connectivity index (χ2v) is 11.1. The van der Waals surface area contributed by atoms with E-state index in [0.29, 0.717) is 0 Å². The lowest BCUT2D eigenvalue weighted by Gasteiger charge is -2.22. The smallest absolute Gasteiger partial charge is 0.269 e. The zero-order valence-corrected chi connectivity index (χ0v) is 20.5. The number of amides is 1. The molecule has 2 N–H and O–H groups in total. The number of hydrogen-bond acceptors (Lipinski definition) is 5. The SMILES string of the molecule is O=C(Nc1c2c(cc3c1CCC3)CCC2)[C@H](Cc1ccccc1)NS(=O)(=O)c1ccc([N+](=O)[O-])cc1. The normalized spacial score (nSPS) is 15.2. The molecule has 0 heterocycles. The summed E-state index contributed by atoms with van der Waals surface area (Å²) in [5, 5.41) is 14.1. The van der Waals surface area contributed by atoms with Gasteiger partial charge in [0, 0.05) is 17.8 Å². The predicted molar refractivity (Wildman–Crippen MR) is 136 cm³/mol. The van der Waals surface area contributed by atoms with Crippen LogP contribution in [0, 0.1) is 10.1 Å². The van der Waals surface area contributed by atoms with E-state index in [2.05, 4.69) is 16.1 Å². The highest BCUT2D eigenvalue weighted by Crippen LogP contribution is 2.38. The van der Waals surface area contributed by atoms with Crippen molar-refractivity contribution in [2.24, 2.45) is 0 Å². The first-order valence-corrected chi connectivity index (χ1v) is 13.6. The average Bonchev–Trinajstić information content (AvgIpc) is 3.53. The van der Waals surface area contributed by atoms with Crippen LogP contribution in [0.2, 0.25) is 0 Å². The van der Waals surface area contributed by atoms with Crippen LogP contribution < -0.4 is 10.0 Å². The van der Waals surface area contributed by atoms with Crippen molar-refractivity contribution < 1.29 is 18.1 Å². The maximum absolute atomic E-state index is 13.6. The van der Waals surface area contributed by atoms with Gasteiger partial charge >= 0.3 is 0 Å². The molecule has 0 unspecified atom stereocenters. The number of fused-ring (bicyclic) bond motifs is 2. The van der Waals surface area contributed by atoms with Crippen molar-refractivity contribution in [2.45, 2.75) is 55.9 Å². The summed E-state index contributed by atoms with van der Waals surface area (Å²) in [6.45, 7) is 0. The van der Waals surface area contributed by atoms with Gasteiger partial charge in [-0.25, -0.2) is 8.42 Å². The Kier molecular flexibility index (Phi) is 6.59. The molecule has 0 bridgehead atoms. The maximum Gasteiger partial charge on any atom is 0.269 e. The molecule has 8 nitrogen and oxygen atoms in total. The quantitative estimate of drug-likeness (QED) is 0.353. The van der Waals surface area contributed by atoms with E-state index in [1.54, 1.807) is 0 Å². The van der Waals surface area contributed by atoms with Crippen LogP contribution in [0.15, 0.2) is 65.6 Å². The van der Waals surface area contributed by atoms with Gasteiger partial charge < -0.3 is 5.32 Å². The monoisotopic (exact) mass is 505 g/mol. The Labute approximate surface area is 209 Å². The summed E-state index contributed by atoms with van der Waals surface area (Å²) in [6.07, 6.45) is 6.03. The van der Waals surface area contributed by atoms with Crippen LogP contribution in [0.4, 0.5) is 11.4 Å². The van der Waals surface area contributed by atoms with Crippen molar-refractivity contribution in [3.05, 3.63) is 98.6 Å². The van der Waals surface area contributed by atoms with Crippen molar-refractivity contribution in [3.8, 4) is 0 Å². The fourth-order valence-corrected chi connectivity index (χ4v) is 6.41. The number of benzene rings is 3. The van der Waals surface area contributed by atoms with E-state index in [-0.39, 0.29) is 17.0 Å². The Balaban J connectivity index is 1.45. The van der Waals surface area contributed by atoms with E-state index in [1.807, 2.05) is 30.3 Å². The number of aryl methyl sites for hydroxylation is 2. The van der Waals surface area contributed by atoms with Crippen LogP contribution >= 0.6 is 0 Å². The van der Waals surface area contributed by atoms with Gasteiger partial charge in [-0.1, -0.05) is 36.4 Å². The van der Waals surface area contributed by atoms with E-state index in [4.69, 9.17) is 0 Å². The average molecular weight is 506 g/mol. The third-order valence-electron chi connectivity index (χ3n) is 6.98. The third-order valence-corrected chi connectivity index (χ3v) is 8.46. The molecule has 0 saturated heterocycles. The molecule has 3 aromatic rings. The van der Waals surface area contributed by atoms with Crippen LogP contribution in [-0.4, -0.2) is 25.3 Å². The number of nitrogens with one attached hydrogen (secondary N) is 2. The van der Waals surface area contributed by atoms with Crippen LogP contribution in [0.3, 0.4) is 0 Å². The summed E-state index contributed by atoms with van der Waals surface area (Å²) in [7, 11) is -4.12. The molecule has 0 saturated carbocycles. The van der Waals surface area contributed by atoms with Gasteiger partial charge in [0.05, 0.1) is 9.82 Å². The van der Waals surface area contributed by atoms with Crippen molar-refractivity contribution in [1.82, 2.24) is 4.72 Å². The zero-order valence-electron chi connectivity index (χ0n) is 19.7. The minimum absolute atomic E-state index is 0.138. The largest absolute Gasteiger partial charge is 0.324 e. The summed E-state index contributed by atoms with van der Waals surface area (Å²) in [5.41, 5.74) is 6.34. The number of anilines is 1. The maximum atomic E-state index is 13.6. The van der Waals surface area contributed by atoms with Gasteiger partial charge in [0.1, 0.15) is 6.04 Å². The van der Waals surface area contributed by atoms with E-state index >= 15 is 0 Å². The molecule has 2 aliphatic rings. The Hall–Kier alpha value is -3.56. The molecule has 0 spiro atoms. The van der Waals surface area contributed by atoms with Crippen LogP contribution in [0.5, 0.6) is 0 Å². The first-order valence-electron chi connectivity index (χ1n) is 12.1. The highest BCUT2D eigenvalue weighted by atomic mass is 32.2. The summed E-state index contributed by atoms with van der Waals surface area (Å²) in [4.78, 5) is 23.9. The molecular weight excluding hydrogens is 478 g/mol. The molecule has 2 aliphatic carbocycles. The van der Waals surface area contributed by atoms with Gasteiger partial charge in [0.2, 0.25) is 15.9 Å². The summed E-state index contributed by atoms with van der Waals surface area (Å²) >= 11 is 0. The van der Waals surface area contributed by atoms with Gasteiger partial charge in [-0.05, 0) is 84.9 Å². The van der Waals surface area contributed by atoms with E-state index in [0.717, 1.165) is 61.9 Å². The molecular formula is C27H27N3O5S. The van der Waals surface area contributed by atoms with Gasteiger partial charge in [0.25, 0.3) is 5.69 Å². The lowest BCUT2D eigenvalue weighted by Crippen LogP contribution is -2.45. The molecule has 1 atom stereocenters. The van der Waals surface area contributed by atoms with E-state index < -0.39 is 26.9 Å². The van der Waals surface area contributed by atoms with Gasteiger partial charge in [0.15, 0.2) is 0 Å².